The Morgan fingerprint density at radius 1 is 1.17 bits per heavy atom. The highest BCUT2D eigenvalue weighted by molar-refractivity contribution is 5.85. The largest absolute Gasteiger partial charge is 0.378 e. The van der Waals surface area contributed by atoms with E-state index < -0.39 is 5.82 Å². The van der Waals surface area contributed by atoms with Crippen molar-refractivity contribution in [3.63, 3.8) is 0 Å². The number of aryl methyl sites for hydroxylation is 1. The molecule has 5 aromatic rings. The molecule has 1 unspecified atom stereocenters. The van der Waals surface area contributed by atoms with Crippen LogP contribution >= 0.6 is 0 Å². The van der Waals surface area contributed by atoms with Crippen LogP contribution in [0.2, 0.25) is 0 Å². The summed E-state index contributed by atoms with van der Waals surface area (Å²) in [5, 5.41) is 12.5. The summed E-state index contributed by atoms with van der Waals surface area (Å²) in [6, 6.07) is 9.27. The molecule has 1 saturated heterocycles. The molecule has 7 rings (SSSR count). The third kappa shape index (κ3) is 4.84. The first-order valence-corrected chi connectivity index (χ1v) is 13.9. The third-order valence-corrected chi connectivity index (χ3v) is 7.89. The van der Waals surface area contributed by atoms with Crippen LogP contribution in [0.25, 0.3) is 27.9 Å². The number of morpholine rings is 1. The van der Waals surface area contributed by atoms with Crippen molar-refractivity contribution in [2.24, 2.45) is 0 Å². The van der Waals surface area contributed by atoms with Gasteiger partial charge in [-0.25, -0.2) is 14.2 Å². The molecule has 210 valence electrons. The first kappa shape index (κ1) is 25.4. The minimum atomic E-state index is -0.473. The molecule has 2 aliphatic rings. The summed E-state index contributed by atoms with van der Waals surface area (Å²) in [5.74, 6) is 0.351. The second-order valence-corrected chi connectivity index (χ2v) is 10.6. The quantitative estimate of drug-likeness (QED) is 0.301. The Balaban J connectivity index is 1.23. The molecule has 1 aromatic carbocycles. The zero-order valence-corrected chi connectivity index (χ0v) is 22.6. The lowest BCUT2D eigenvalue weighted by Gasteiger charge is -2.28. The number of hydrogen-bond donors (Lipinski definition) is 3. The van der Waals surface area contributed by atoms with E-state index in [1.165, 1.54) is 28.9 Å². The number of amides is 2. The number of benzene rings is 1. The molecule has 3 N–H and O–H groups in total. The molecular weight excluding hydrogens is 525 g/mol. The van der Waals surface area contributed by atoms with Crippen molar-refractivity contribution < 1.29 is 13.9 Å². The van der Waals surface area contributed by atoms with Crippen molar-refractivity contribution in [1.29, 1.82) is 0 Å². The molecular formula is C29H30FN9O2. The van der Waals surface area contributed by atoms with Gasteiger partial charge in [0.2, 0.25) is 5.95 Å². The van der Waals surface area contributed by atoms with E-state index in [9.17, 15) is 9.18 Å². The van der Waals surface area contributed by atoms with E-state index in [1.54, 1.807) is 15.6 Å². The molecule has 2 atom stereocenters. The molecule has 11 nitrogen and oxygen atoms in total. The van der Waals surface area contributed by atoms with Crippen molar-refractivity contribution in [1.82, 2.24) is 39.8 Å². The van der Waals surface area contributed by atoms with Gasteiger partial charge in [0, 0.05) is 53.1 Å². The SMILES string of the molecule is C[C@H](NC(=O)N1CCOCC1)c1cnn2c(NC3CCc4[nH]c5ccccc5c4C3)nc(-c3cncc(F)c3)nc12. The molecule has 1 aliphatic heterocycles. The molecule has 0 radical (unpaired) electrons. The number of hydrogen-bond acceptors (Lipinski definition) is 7. The van der Waals surface area contributed by atoms with Crippen molar-refractivity contribution >= 4 is 28.5 Å². The van der Waals surface area contributed by atoms with Crippen molar-refractivity contribution in [3.8, 4) is 11.4 Å². The van der Waals surface area contributed by atoms with Gasteiger partial charge in [-0.2, -0.15) is 14.6 Å². The van der Waals surface area contributed by atoms with Crippen LogP contribution in [-0.4, -0.2) is 72.8 Å². The predicted octanol–water partition coefficient (Wildman–Crippen LogP) is 3.88. The van der Waals surface area contributed by atoms with Crippen LogP contribution in [0.1, 0.15) is 36.2 Å². The maximum absolute atomic E-state index is 14.1. The highest BCUT2D eigenvalue weighted by Crippen LogP contribution is 2.31. The van der Waals surface area contributed by atoms with Crippen LogP contribution < -0.4 is 10.6 Å². The van der Waals surface area contributed by atoms with Crippen molar-refractivity contribution in [2.45, 2.75) is 38.3 Å². The number of aromatic amines is 1. The van der Waals surface area contributed by atoms with E-state index in [0.717, 1.165) is 36.5 Å². The Hall–Kier alpha value is -4.58. The number of ether oxygens (including phenoxy) is 1. The van der Waals surface area contributed by atoms with Crippen LogP contribution in [0.15, 0.2) is 48.9 Å². The number of H-pyrrole nitrogens is 1. The average Bonchev–Trinajstić information content (AvgIpc) is 3.59. The lowest BCUT2D eigenvalue weighted by Crippen LogP contribution is -2.46. The summed E-state index contributed by atoms with van der Waals surface area (Å²) < 4.78 is 21.2. The molecule has 0 spiro atoms. The first-order chi connectivity index (χ1) is 20.0. The molecule has 5 heterocycles. The molecule has 4 aromatic heterocycles. The Labute approximate surface area is 235 Å². The summed E-state index contributed by atoms with van der Waals surface area (Å²) >= 11 is 0. The maximum Gasteiger partial charge on any atom is 0.318 e. The van der Waals surface area contributed by atoms with Gasteiger partial charge in [-0.1, -0.05) is 18.2 Å². The highest BCUT2D eigenvalue weighted by atomic mass is 19.1. The van der Waals surface area contributed by atoms with Gasteiger partial charge < -0.3 is 25.3 Å². The van der Waals surface area contributed by atoms with E-state index in [0.29, 0.717) is 49.3 Å². The number of fused-ring (bicyclic) bond motifs is 4. The van der Waals surface area contributed by atoms with Gasteiger partial charge in [0.05, 0.1) is 31.6 Å². The van der Waals surface area contributed by atoms with Crippen molar-refractivity contribution in [2.75, 3.05) is 31.6 Å². The molecule has 12 heteroatoms. The van der Waals surface area contributed by atoms with E-state index >= 15 is 0 Å². The zero-order chi connectivity index (χ0) is 27.9. The van der Waals surface area contributed by atoms with Crippen LogP contribution in [0.3, 0.4) is 0 Å². The Morgan fingerprint density at radius 3 is 2.88 bits per heavy atom. The summed E-state index contributed by atoms with van der Waals surface area (Å²) in [7, 11) is 0. The summed E-state index contributed by atoms with van der Waals surface area (Å²) in [5.41, 5.74) is 5.44. The molecule has 2 amide bonds. The average molecular weight is 556 g/mol. The maximum atomic E-state index is 14.1. The third-order valence-electron chi connectivity index (χ3n) is 7.89. The van der Waals surface area contributed by atoms with Gasteiger partial charge in [0.15, 0.2) is 11.5 Å². The molecule has 0 bridgehead atoms. The number of pyridine rings is 1. The second kappa shape index (κ2) is 10.4. The number of aromatic nitrogens is 6. The molecule has 0 saturated carbocycles. The number of urea groups is 1. The van der Waals surface area contributed by atoms with E-state index in [4.69, 9.17) is 14.7 Å². The fraction of sp³-hybridized carbons (Fsp3) is 0.345. The Morgan fingerprint density at radius 2 is 2.02 bits per heavy atom. The number of rotatable bonds is 5. The predicted molar refractivity (Wildman–Crippen MR) is 151 cm³/mol. The number of carbonyl (C=O) groups excluding carboxylic acids is 1. The van der Waals surface area contributed by atoms with E-state index in [1.807, 2.05) is 13.0 Å². The number of nitrogens with zero attached hydrogens (tertiary/aromatic N) is 6. The number of nitrogens with one attached hydrogen (secondary N) is 3. The van der Waals surface area contributed by atoms with E-state index in [-0.39, 0.29) is 18.1 Å². The smallest absolute Gasteiger partial charge is 0.318 e. The molecule has 41 heavy (non-hydrogen) atoms. The molecule has 1 fully saturated rings. The number of halogens is 1. The Bertz CT molecular complexity index is 1740. The number of para-hydroxylation sites is 1. The summed E-state index contributed by atoms with van der Waals surface area (Å²) in [6.07, 6.45) is 7.02. The van der Waals surface area contributed by atoms with Gasteiger partial charge >= 0.3 is 6.03 Å². The van der Waals surface area contributed by atoms with Gasteiger partial charge in [-0.15, -0.1) is 0 Å². The standard InChI is InChI=1S/C29H30FN9O2/c1-17(33-29(40)38-8-10-41-11-9-38)23-16-32-39-27(23)36-26(18-12-19(30)15-31-14-18)37-28(39)34-20-6-7-25-22(13-20)21-4-2-3-5-24(21)35-25/h2-5,12,14-17,20,35H,6-11,13H2,1H3,(H,33,40)(H,34,36,37)/t17-,20?/m0/s1. The monoisotopic (exact) mass is 555 g/mol. The van der Waals surface area contributed by atoms with Crippen LogP contribution in [0, 0.1) is 5.82 Å². The second-order valence-electron chi connectivity index (χ2n) is 10.6. The summed E-state index contributed by atoms with van der Waals surface area (Å²) in [6.45, 7) is 4.02. The first-order valence-electron chi connectivity index (χ1n) is 13.9. The van der Waals surface area contributed by atoms with Gasteiger partial charge in [-0.3, -0.25) is 4.98 Å². The van der Waals surface area contributed by atoms with Gasteiger partial charge in [-0.05, 0) is 43.9 Å². The molecule has 1 aliphatic carbocycles. The van der Waals surface area contributed by atoms with Crippen LogP contribution in [0.4, 0.5) is 15.1 Å². The minimum absolute atomic E-state index is 0.101. The lowest BCUT2D eigenvalue weighted by atomic mass is 9.91. The summed E-state index contributed by atoms with van der Waals surface area (Å²) in [4.78, 5) is 31.7. The van der Waals surface area contributed by atoms with Crippen LogP contribution in [-0.2, 0) is 17.6 Å². The highest BCUT2D eigenvalue weighted by Gasteiger charge is 2.26. The van der Waals surface area contributed by atoms with Crippen molar-refractivity contribution in [3.05, 3.63) is 71.6 Å². The van der Waals surface area contributed by atoms with Crippen LogP contribution in [0.5, 0.6) is 0 Å². The fourth-order valence-corrected chi connectivity index (χ4v) is 5.75. The van der Waals surface area contributed by atoms with Gasteiger partial charge in [0.1, 0.15) is 5.82 Å². The van der Waals surface area contributed by atoms with Gasteiger partial charge in [0.25, 0.3) is 0 Å². The number of carbonyl (C=O) groups is 1. The fourth-order valence-electron chi connectivity index (χ4n) is 5.75. The normalized spacial score (nSPS) is 17.9. The minimum Gasteiger partial charge on any atom is -0.378 e. The zero-order valence-electron chi connectivity index (χ0n) is 22.6. The van der Waals surface area contributed by atoms with E-state index in [2.05, 4.69) is 43.9 Å². The topological polar surface area (TPSA) is 125 Å². The lowest BCUT2D eigenvalue weighted by molar-refractivity contribution is 0.0526. The Kier molecular flexibility index (Phi) is 6.46. The number of anilines is 1.